The van der Waals surface area contributed by atoms with E-state index < -0.39 is 0 Å². The number of halogens is 1. The third-order valence-electron chi connectivity index (χ3n) is 5.00. The average Bonchev–Trinajstić information content (AvgIpc) is 3.71. The minimum absolute atomic E-state index is 0.150. The summed E-state index contributed by atoms with van der Waals surface area (Å²) >= 11 is 6.41. The van der Waals surface area contributed by atoms with Gasteiger partial charge in [-0.2, -0.15) is 0 Å². The van der Waals surface area contributed by atoms with Crippen molar-refractivity contribution in [1.82, 2.24) is 15.0 Å². The second-order valence-corrected chi connectivity index (χ2v) is 8.09. The fraction of sp³-hybridized carbons (Fsp3) is 0.120. The Bertz CT molecular complexity index is 1330. The van der Waals surface area contributed by atoms with E-state index in [1.165, 1.54) is 6.33 Å². The first-order valence-corrected chi connectivity index (χ1v) is 11.2. The van der Waals surface area contributed by atoms with Gasteiger partial charge in [0.2, 0.25) is 0 Å². The maximum atomic E-state index is 11.9. The molecule has 9 nitrogen and oxygen atoms in total. The van der Waals surface area contributed by atoms with Crippen molar-refractivity contribution in [2.45, 2.75) is 12.7 Å². The molecular weight excluding hydrogens is 468 g/mol. The van der Waals surface area contributed by atoms with Gasteiger partial charge in [0.15, 0.2) is 6.10 Å². The second-order valence-electron chi connectivity index (χ2n) is 7.69. The average molecular weight is 489 g/mol. The molecular formula is C25H21ClN6O3. The number of nitrogens with one attached hydrogen (secondary N) is 3. The molecule has 0 radical (unpaired) electrons. The Labute approximate surface area is 206 Å². The number of carbonyl (C=O) groups excluding carboxylic acids is 1. The molecule has 5 rings (SSSR count). The van der Waals surface area contributed by atoms with Gasteiger partial charge >= 0.3 is 0 Å². The number of ether oxygens (including phenoxy) is 2. The van der Waals surface area contributed by atoms with Crippen LogP contribution < -0.4 is 20.7 Å². The quantitative estimate of drug-likeness (QED) is 0.284. The van der Waals surface area contributed by atoms with Crippen molar-refractivity contribution in [3.8, 4) is 5.75 Å². The molecule has 2 aromatic heterocycles. The summed E-state index contributed by atoms with van der Waals surface area (Å²) in [6, 6.07) is 20.2. The summed E-state index contributed by atoms with van der Waals surface area (Å²) in [6.45, 7) is 0.792. The van der Waals surface area contributed by atoms with Crippen LogP contribution in [0.25, 0.3) is 0 Å². The van der Waals surface area contributed by atoms with E-state index >= 15 is 0 Å². The molecule has 1 amide bonds. The first-order valence-electron chi connectivity index (χ1n) is 10.8. The zero-order valence-electron chi connectivity index (χ0n) is 18.4. The van der Waals surface area contributed by atoms with E-state index in [0.717, 1.165) is 17.1 Å². The number of hydrogen-bond acceptors (Lipinski definition) is 8. The molecule has 1 fully saturated rings. The van der Waals surface area contributed by atoms with Crippen molar-refractivity contribution in [1.29, 1.82) is 0 Å². The summed E-state index contributed by atoms with van der Waals surface area (Å²) in [6.07, 6.45) is 2.82. The van der Waals surface area contributed by atoms with Crippen LogP contribution in [0, 0.1) is 0 Å². The first kappa shape index (κ1) is 22.6. The van der Waals surface area contributed by atoms with Gasteiger partial charge in [0.05, 0.1) is 17.3 Å². The maximum absolute atomic E-state index is 11.9. The molecule has 3 N–H and O–H groups in total. The van der Waals surface area contributed by atoms with Crippen LogP contribution in [0.3, 0.4) is 0 Å². The Morgan fingerprint density at radius 2 is 1.71 bits per heavy atom. The summed E-state index contributed by atoms with van der Waals surface area (Å²) < 4.78 is 10.8. The Morgan fingerprint density at radius 3 is 2.43 bits per heavy atom. The molecule has 10 heteroatoms. The van der Waals surface area contributed by atoms with Gasteiger partial charge in [-0.05, 0) is 48.5 Å². The van der Waals surface area contributed by atoms with Crippen molar-refractivity contribution in [2.75, 3.05) is 22.6 Å². The fourth-order valence-corrected chi connectivity index (χ4v) is 3.45. The monoisotopic (exact) mass is 488 g/mol. The van der Waals surface area contributed by atoms with Crippen LogP contribution >= 0.6 is 11.6 Å². The molecule has 1 atom stereocenters. The van der Waals surface area contributed by atoms with E-state index in [1.54, 1.807) is 24.4 Å². The molecule has 4 aromatic rings. The maximum Gasteiger partial charge on any atom is 0.255 e. The lowest BCUT2D eigenvalue weighted by Gasteiger charge is -2.12. The number of amides is 1. The minimum Gasteiger partial charge on any atom is -0.486 e. The number of anilines is 5. The number of hydrogen-bond donors (Lipinski definition) is 3. The van der Waals surface area contributed by atoms with Crippen molar-refractivity contribution in [2.24, 2.45) is 0 Å². The molecule has 3 heterocycles. The van der Waals surface area contributed by atoms with E-state index in [0.29, 0.717) is 41.3 Å². The van der Waals surface area contributed by atoms with Crippen LogP contribution in [-0.2, 0) is 16.1 Å². The molecule has 35 heavy (non-hydrogen) atoms. The number of rotatable bonds is 9. The predicted molar refractivity (Wildman–Crippen MR) is 133 cm³/mol. The van der Waals surface area contributed by atoms with Crippen molar-refractivity contribution in [3.63, 3.8) is 0 Å². The lowest BCUT2D eigenvalue weighted by Crippen LogP contribution is -2.17. The normalized spacial score (nSPS) is 14.1. The van der Waals surface area contributed by atoms with E-state index in [9.17, 15) is 4.79 Å². The number of aromatic nitrogens is 3. The smallest absolute Gasteiger partial charge is 0.255 e. The van der Waals surface area contributed by atoms with Gasteiger partial charge in [0.25, 0.3) is 5.91 Å². The molecule has 1 aliphatic rings. The number of carbonyl (C=O) groups is 1. The molecule has 1 saturated heterocycles. The van der Waals surface area contributed by atoms with Gasteiger partial charge in [-0.1, -0.05) is 23.7 Å². The highest BCUT2D eigenvalue weighted by molar-refractivity contribution is 6.32. The van der Waals surface area contributed by atoms with Crippen LogP contribution in [-0.4, -0.2) is 33.6 Å². The van der Waals surface area contributed by atoms with Crippen LogP contribution in [0.5, 0.6) is 5.75 Å². The van der Waals surface area contributed by atoms with Crippen molar-refractivity contribution in [3.05, 3.63) is 90.0 Å². The number of benzene rings is 2. The lowest BCUT2D eigenvalue weighted by atomic mass is 10.2. The molecule has 0 saturated carbocycles. The second kappa shape index (κ2) is 10.4. The van der Waals surface area contributed by atoms with E-state index in [1.807, 2.05) is 48.5 Å². The SMILES string of the molecule is O=C(Nc1cccc(Nc2cc(Nc3ccc(OCc4ccccn4)c(Cl)c3)ncn2)c1)[C@@H]1CO1. The topological polar surface area (TPSA) is 114 Å². The fourth-order valence-electron chi connectivity index (χ4n) is 3.22. The zero-order chi connectivity index (χ0) is 24.0. The van der Waals surface area contributed by atoms with Crippen LogP contribution in [0.2, 0.25) is 5.02 Å². The number of epoxide rings is 1. The molecule has 2 aromatic carbocycles. The van der Waals surface area contributed by atoms with Gasteiger partial charge in [0, 0.05) is 29.3 Å². The molecule has 0 bridgehead atoms. The van der Waals surface area contributed by atoms with Crippen molar-refractivity contribution < 1.29 is 14.3 Å². The zero-order valence-corrected chi connectivity index (χ0v) is 19.2. The van der Waals surface area contributed by atoms with Gasteiger partial charge < -0.3 is 25.4 Å². The minimum atomic E-state index is -0.350. The van der Waals surface area contributed by atoms with Crippen LogP contribution in [0.15, 0.2) is 79.3 Å². The third-order valence-corrected chi connectivity index (χ3v) is 5.30. The molecule has 0 unspecified atom stereocenters. The Morgan fingerprint density at radius 1 is 0.943 bits per heavy atom. The van der Waals surface area contributed by atoms with Gasteiger partial charge in [0.1, 0.15) is 30.3 Å². The highest BCUT2D eigenvalue weighted by Gasteiger charge is 2.31. The van der Waals surface area contributed by atoms with Crippen LogP contribution in [0.4, 0.5) is 28.7 Å². The molecule has 1 aliphatic heterocycles. The summed E-state index contributed by atoms with van der Waals surface area (Å²) in [5.74, 6) is 1.57. The third kappa shape index (κ3) is 6.23. The van der Waals surface area contributed by atoms with E-state index in [4.69, 9.17) is 21.1 Å². The summed E-state index contributed by atoms with van der Waals surface area (Å²) in [5.41, 5.74) is 3.00. The Hall–Kier alpha value is -4.21. The molecule has 0 spiro atoms. The molecule has 176 valence electrons. The van der Waals surface area contributed by atoms with Gasteiger partial charge in [-0.15, -0.1) is 0 Å². The van der Waals surface area contributed by atoms with Gasteiger partial charge in [-0.3, -0.25) is 9.78 Å². The molecule has 0 aliphatic carbocycles. The van der Waals surface area contributed by atoms with E-state index in [-0.39, 0.29) is 12.0 Å². The predicted octanol–water partition coefficient (Wildman–Crippen LogP) is 4.93. The summed E-state index contributed by atoms with van der Waals surface area (Å²) in [4.78, 5) is 24.7. The summed E-state index contributed by atoms with van der Waals surface area (Å²) in [7, 11) is 0. The first-order chi connectivity index (χ1) is 17.1. The van der Waals surface area contributed by atoms with Gasteiger partial charge in [-0.25, -0.2) is 9.97 Å². The number of nitrogens with zero attached hydrogens (tertiary/aromatic N) is 3. The summed E-state index contributed by atoms with van der Waals surface area (Å²) in [5, 5.41) is 9.72. The Balaban J connectivity index is 1.21. The van der Waals surface area contributed by atoms with Crippen molar-refractivity contribution >= 4 is 46.2 Å². The van der Waals surface area contributed by atoms with E-state index in [2.05, 4.69) is 30.9 Å². The van der Waals surface area contributed by atoms with Crippen LogP contribution in [0.1, 0.15) is 5.69 Å². The highest BCUT2D eigenvalue weighted by Crippen LogP contribution is 2.30. The Kier molecular flexibility index (Phi) is 6.69. The standard InChI is InChI=1S/C25H21ClN6O3/c26-20-11-18(7-8-21(20)34-13-19-4-1-2-9-27-19)31-24-12-23(28-15-29-24)30-16-5-3-6-17(10-16)32-25(33)22-14-35-22/h1-12,15,22H,13-14H2,(H,32,33)(H2,28,29,30,31)/t22-/m0/s1. The highest BCUT2D eigenvalue weighted by atomic mass is 35.5. The largest absolute Gasteiger partial charge is 0.486 e. The lowest BCUT2D eigenvalue weighted by molar-refractivity contribution is -0.117. The number of pyridine rings is 1.